The van der Waals surface area contributed by atoms with Gasteiger partial charge in [0, 0.05) is 25.2 Å². The van der Waals surface area contributed by atoms with E-state index >= 15 is 0 Å². The number of thioether (sulfide) groups is 1. The molecule has 0 aliphatic carbocycles. The highest BCUT2D eigenvalue weighted by molar-refractivity contribution is 8.00. The molecular formula is C22H29N5O9S2. The van der Waals surface area contributed by atoms with Crippen molar-refractivity contribution in [2.45, 2.75) is 44.6 Å². The van der Waals surface area contributed by atoms with Crippen LogP contribution in [0.2, 0.25) is 0 Å². The van der Waals surface area contributed by atoms with Crippen LogP contribution in [0, 0.1) is 0 Å². The van der Waals surface area contributed by atoms with Gasteiger partial charge in [0.15, 0.2) is 10.8 Å². The van der Waals surface area contributed by atoms with Crippen LogP contribution >= 0.6 is 23.1 Å². The third-order valence-corrected chi connectivity index (χ3v) is 7.13. The number of hydrogen-bond donors (Lipinski definition) is 2. The van der Waals surface area contributed by atoms with Gasteiger partial charge in [-0.25, -0.2) is 14.6 Å². The molecule has 0 radical (unpaired) electrons. The number of thiazole rings is 1. The van der Waals surface area contributed by atoms with E-state index in [4.69, 9.17) is 29.5 Å². The van der Waals surface area contributed by atoms with Crippen LogP contribution in [0.4, 0.5) is 5.13 Å². The number of ether oxygens (including phenoxy) is 4. The summed E-state index contributed by atoms with van der Waals surface area (Å²) in [5.74, 6) is -2.49. The van der Waals surface area contributed by atoms with Gasteiger partial charge in [0.2, 0.25) is 6.29 Å². The van der Waals surface area contributed by atoms with E-state index in [2.05, 4.69) is 15.5 Å². The summed E-state index contributed by atoms with van der Waals surface area (Å²) in [4.78, 5) is 61.1. The summed E-state index contributed by atoms with van der Waals surface area (Å²) in [6.07, 6.45) is -1.42. The number of hydrogen-bond acceptors (Lipinski definition) is 14. The number of nitrogens with two attached hydrogens (primary N) is 1. The number of carbonyl (C=O) groups is 4. The number of anilines is 1. The molecule has 2 amide bonds. The minimum absolute atomic E-state index is 0.0227. The number of oxime groups is 1. The molecule has 3 unspecified atom stereocenters. The smallest absolute Gasteiger partial charge is 0.358 e. The van der Waals surface area contributed by atoms with Crippen molar-refractivity contribution in [2.24, 2.45) is 5.16 Å². The van der Waals surface area contributed by atoms with Gasteiger partial charge in [0.1, 0.15) is 36.5 Å². The molecule has 3 atom stereocenters. The van der Waals surface area contributed by atoms with Crippen molar-refractivity contribution in [2.75, 3.05) is 38.9 Å². The fourth-order valence-electron chi connectivity index (χ4n) is 3.54. The molecule has 3 heterocycles. The van der Waals surface area contributed by atoms with Crippen molar-refractivity contribution in [3.8, 4) is 0 Å². The minimum Gasteiger partial charge on any atom is -0.424 e. The van der Waals surface area contributed by atoms with E-state index in [9.17, 15) is 19.2 Å². The Morgan fingerprint density at radius 1 is 1.26 bits per heavy atom. The number of rotatable bonds is 12. The number of nitrogens with zero attached hydrogens (tertiary/aromatic N) is 3. The summed E-state index contributed by atoms with van der Waals surface area (Å²) in [6.45, 7) is 4.66. The van der Waals surface area contributed by atoms with Crippen LogP contribution in [0.5, 0.6) is 0 Å². The first kappa shape index (κ1) is 29.3. The quantitative estimate of drug-likeness (QED) is 0.115. The van der Waals surface area contributed by atoms with E-state index in [0.29, 0.717) is 11.3 Å². The van der Waals surface area contributed by atoms with E-state index in [0.717, 1.165) is 11.3 Å². The lowest BCUT2D eigenvalue weighted by Crippen LogP contribution is -2.71. The molecule has 38 heavy (non-hydrogen) atoms. The minimum atomic E-state index is -1.24. The first-order valence-electron chi connectivity index (χ1n) is 11.4. The topological polar surface area (TPSA) is 181 Å². The standard InChI is InChI=1S/C22H29N5O9S2/c1-10(2)34-7-14(28)35-11(3)36-21(31)17-12(6-32-4)8-37-20-16(19(30)27(17)20)25-18(29)15(26-33-5)13-9-38-22(23)24-13/h9-11,16,20H,6-8H2,1-5H3,(H2,23,24)(H,25,29). The maximum atomic E-state index is 13.1. The molecule has 1 saturated heterocycles. The molecule has 208 valence electrons. The number of β-lactam (4-membered cyclic amide) rings is 1. The van der Waals surface area contributed by atoms with Gasteiger partial charge in [-0.05, 0) is 19.4 Å². The molecule has 14 nitrogen and oxygen atoms in total. The highest BCUT2D eigenvalue weighted by atomic mass is 32.2. The second kappa shape index (κ2) is 13.0. The van der Waals surface area contributed by atoms with E-state index in [1.807, 2.05) is 0 Å². The third-order valence-electron chi connectivity index (χ3n) is 5.11. The van der Waals surface area contributed by atoms with Gasteiger partial charge < -0.3 is 34.8 Å². The Bertz CT molecular complexity index is 1140. The second-order valence-electron chi connectivity index (χ2n) is 8.26. The Hall–Kier alpha value is -3.21. The molecule has 16 heteroatoms. The van der Waals surface area contributed by atoms with Crippen LogP contribution < -0.4 is 11.1 Å². The summed E-state index contributed by atoms with van der Waals surface area (Å²) >= 11 is 2.46. The second-order valence-corrected chi connectivity index (χ2v) is 10.3. The van der Waals surface area contributed by atoms with E-state index in [-0.39, 0.29) is 41.6 Å². The maximum absolute atomic E-state index is 13.1. The maximum Gasteiger partial charge on any atom is 0.358 e. The van der Waals surface area contributed by atoms with Crippen molar-refractivity contribution in [1.82, 2.24) is 15.2 Å². The zero-order valence-electron chi connectivity index (χ0n) is 21.4. The van der Waals surface area contributed by atoms with Gasteiger partial charge >= 0.3 is 11.9 Å². The van der Waals surface area contributed by atoms with Crippen LogP contribution in [0.15, 0.2) is 21.8 Å². The SMILES string of the molecule is COCC1=C(C(=O)OC(C)OC(=O)COC(C)C)N2C(=O)C(NC(=O)C(=NOC)c3csc(N)n3)C2SC1. The van der Waals surface area contributed by atoms with E-state index < -0.39 is 41.5 Å². The Morgan fingerprint density at radius 2 is 2.00 bits per heavy atom. The summed E-state index contributed by atoms with van der Waals surface area (Å²) in [7, 11) is 2.72. The summed E-state index contributed by atoms with van der Waals surface area (Å²) < 4.78 is 20.7. The summed E-state index contributed by atoms with van der Waals surface area (Å²) in [6, 6.07) is -0.958. The van der Waals surface area contributed by atoms with Crippen molar-refractivity contribution in [3.63, 3.8) is 0 Å². The number of amides is 2. The fourth-order valence-corrected chi connectivity index (χ4v) is 5.42. The predicted molar refractivity (Wildman–Crippen MR) is 137 cm³/mol. The van der Waals surface area contributed by atoms with Crippen LogP contribution in [0.25, 0.3) is 0 Å². The molecule has 0 bridgehead atoms. The third kappa shape index (κ3) is 6.80. The van der Waals surface area contributed by atoms with Gasteiger partial charge in [-0.1, -0.05) is 5.16 Å². The number of nitrogens with one attached hydrogen (secondary N) is 1. The van der Waals surface area contributed by atoms with Crippen molar-refractivity contribution in [1.29, 1.82) is 0 Å². The van der Waals surface area contributed by atoms with Crippen LogP contribution in [-0.4, -0.2) is 96.3 Å². The number of nitrogen functional groups attached to an aromatic ring is 1. The molecule has 0 saturated carbocycles. The zero-order chi connectivity index (χ0) is 28.0. The van der Waals surface area contributed by atoms with Gasteiger partial charge in [0.05, 0.1) is 12.7 Å². The lowest BCUT2D eigenvalue weighted by molar-refractivity contribution is -0.187. The Labute approximate surface area is 226 Å². The highest BCUT2D eigenvalue weighted by Crippen LogP contribution is 2.41. The fraction of sp³-hybridized carbons (Fsp3) is 0.545. The van der Waals surface area contributed by atoms with Crippen molar-refractivity contribution >= 4 is 57.7 Å². The molecule has 1 fully saturated rings. The normalized spacial score (nSPS) is 20.0. The molecule has 0 aromatic carbocycles. The van der Waals surface area contributed by atoms with Crippen molar-refractivity contribution in [3.05, 3.63) is 22.3 Å². The first-order valence-corrected chi connectivity index (χ1v) is 13.3. The van der Waals surface area contributed by atoms with Crippen LogP contribution in [0.3, 0.4) is 0 Å². The average Bonchev–Trinajstić information content (AvgIpc) is 3.29. The molecule has 0 spiro atoms. The molecule has 1 aromatic rings. The van der Waals surface area contributed by atoms with E-state index in [1.54, 1.807) is 13.8 Å². The molecule has 3 rings (SSSR count). The Balaban J connectivity index is 1.71. The summed E-state index contributed by atoms with van der Waals surface area (Å²) in [5, 5.41) is 7.51. The van der Waals surface area contributed by atoms with Crippen LogP contribution in [0.1, 0.15) is 26.5 Å². The Morgan fingerprint density at radius 3 is 2.61 bits per heavy atom. The Kier molecular flexibility index (Phi) is 10.1. The number of methoxy groups -OCH3 is 1. The lowest BCUT2D eigenvalue weighted by atomic mass is 10.0. The molecule has 2 aliphatic heterocycles. The highest BCUT2D eigenvalue weighted by Gasteiger charge is 2.55. The van der Waals surface area contributed by atoms with Gasteiger partial charge in [-0.3, -0.25) is 14.5 Å². The van der Waals surface area contributed by atoms with Crippen LogP contribution in [-0.2, 0) is 43.0 Å². The van der Waals surface area contributed by atoms with Gasteiger partial charge in [-0.15, -0.1) is 23.1 Å². The monoisotopic (exact) mass is 571 g/mol. The number of aromatic nitrogens is 1. The summed E-state index contributed by atoms with van der Waals surface area (Å²) in [5.41, 5.74) is 6.18. The van der Waals surface area contributed by atoms with E-state index in [1.165, 1.54) is 43.2 Å². The lowest BCUT2D eigenvalue weighted by Gasteiger charge is -2.49. The number of fused-ring (bicyclic) bond motifs is 1. The molecule has 2 aliphatic rings. The molecular weight excluding hydrogens is 542 g/mol. The number of esters is 2. The zero-order valence-corrected chi connectivity index (χ0v) is 23.1. The number of carbonyl (C=O) groups excluding carboxylic acids is 4. The van der Waals surface area contributed by atoms with Gasteiger partial charge in [-0.2, -0.15) is 0 Å². The van der Waals surface area contributed by atoms with Gasteiger partial charge in [0.25, 0.3) is 11.8 Å². The first-order chi connectivity index (χ1) is 18.1. The largest absolute Gasteiger partial charge is 0.424 e. The van der Waals surface area contributed by atoms with Crippen molar-refractivity contribution < 1.29 is 43.0 Å². The molecule has 3 N–H and O–H groups in total. The average molecular weight is 572 g/mol. The predicted octanol–water partition coefficient (Wildman–Crippen LogP) is 0.234. The molecule has 1 aromatic heterocycles.